The second-order valence-electron chi connectivity index (χ2n) is 10.5. The summed E-state index contributed by atoms with van der Waals surface area (Å²) in [6, 6.07) is 9.33. The van der Waals surface area contributed by atoms with Gasteiger partial charge in [0, 0.05) is 25.5 Å². The summed E-state index contributed by atoms with van der Waals surface area (Å²) in [5.41, 5.74) is 5.29. The molecule has 7 nitrogen and oxygen atoms in total. The van der Waals surface area contributed by atoms with Gasteiger partial charge >= 0.3 is 0 Å². The highest BCUT2D eigenvalue weighted by molar-refractivity contribution is 7.13. The molecule has 1 amide bonds. The zero-order chi connectivity index (χ0) is 25.3. The van der Waals surface area contributed by atoms with Crippen LogP contribution in [0.3, 0.4) is 0 Å². The Morgan fingerprint density at radius 3 is 2.51 bits per heavy atom. The normalized spacial score (nSPS) is 19.2. The molecule has 0 aliphatic carbocycles. The topological polar surface area (TPSA) is 96.5 Å². The Balaban J connectivity index is 1.46. The zero-order valence-corrected chi connectivity index (χ0v) is 21.8. The first-order chi connectivity index (χ1) is 16.5. The van der Waals surface area contributed by atoms with Gasteiger partial charge in [0.15, 0.2) is 5.78 Å². The van der Waals surface area contributed by atoms with Crippen LogP contribution in [-0.4, -0.2) is 50.5 Å². The minimum absolute atomic E-state index is 0.0290. The largest absolute Gasteiger partial charge is 0.391 e. The SMILES string of the molecule is Cc1cc([C@H](C(=O)N2C[C@H](O)C[C@H]2C(=O)CCc2ccc(-c3scnc3C)cc2)C(C)(C)C)on1. The second kappa shape index (κ2) is 10.0. The molecular formula is C27H33N3O4S. The maximum Gasteiger partial charge on any atom is 0.234 e. The summed E-state index contributed by atoms with van der Waals surface area (Å²) in [4.78, 5) is 33.9. The zero-order valence-electron chi connectivity index (χ0n) is 20.9. The van der Waals surface area contributed by atoms with Crippen molar-refractivity contribution in [2.24, 2.45) is 5.41 Å². The van der Waals surface area contributed by atoms with Crippen LogP contribution in [0.2, 0.25) is 0 Å². The van der Waals surface area contributed by atoms with E-state index in [4.69, 9.17) is 4.52 Å². The number of amides is 1. The lowest BCUT2D eigenvalue weighted by molar-refractivity contribution is -0.141. The molecule has 0 saturated carbocycles. The van der Waals surface area contributed by atoms with E-state index < -0.39 is 23.5 Å². The van der Waals surface area contributed by atoms with Crippen LogP contribution in [0.5, 0.6) is 0 Å². The monoisotopic (exact) mass is 495 g/mol. The first-order valence-electron chi connectivity index (χ1n) is 12.0. The lowest BCUT2D eigenvalue weighted by Gasteiger charge is -2.33. The van der Waals surface area contributed by atoms with Crippen molar-refractivity contribution >= 4 is 23.0 Å². The molecule has 1 fully saturated rings. The molecule has 0 unspecified atom stereocenters. The number of carbonyl (C=O) groups is 2. The summed E-state index contributed by atoms with van der Waals surface area (Å²) in [5.74, 6) is -0.331. The first kappa shape index (κ1) is 25.3. The van der Waals surface area contributed by atoms with E-state index in [1.165, 1.54) is 0 Å². The molecule has 1 saturated heterocycles. The molecule has 3 heterocycles. The minimum Gasteiger partial charge on any atom is -0.391 e. The van der Waals surface area contributed by atoms with Gasteiger partial charge in [0.1, 0.15) is 11.7 Å². The number of aromatic nitrogens is 2. The summed E-state index contributed by atoms with van der Waals surface area (Å²) < 4.78 is 5.46. The van der Waals surface area contributed by atoms with Crippen molar-refractivity contribution in [1.29, 1.82) is 0 Å². The van der Waals surface area contributed by atoms with E-state index in [-0.39, 0.29) is 24.7 Å². The summed E-state index contributed by atoms with van der Waals surface area (Å²) >= 11 is 1.61. The number of hydrogen-bond acceptors (Lipinski definition) is 7. The quantitative estimate of drug-likeness (QED) is 0.510. The molecular weight excluding hydrogens is 462 g/mol. The lowest BCUT2D eigenvalue weighted by Crippen LogP contribution is -2.45. The van der Waals surface area contributed by atoms with Crippen LogP contribution in [0, 0.1) is 19.3 Å². The lowest BCUT2D eigenvalue weighted by atomic mass is 9.78. The highest BCUT2D eigenvalue weighted by Gasteiger charge is 2.45. The second-order valence-corrected chi connectivity index (χ2v) is 11.4. The number of rotatable bonds is 7. The molecule has 3 aromatic rings. The number of β-amino-alcohol motifs (C(OH)–C–C–N with tert-alkyl or cyclic N) is 1. The predicted octanol–water partition coefficient (Wildman–Crippen LogP) is 4.71. The fourth-order valence-electron chi connectivity index (χ4n) is 4.80. The van der Waals surface area contributed by atoms with Gasteiger partial charge < -0.3 is 14.5 Å². The summed E-state index contributed by atoms with van der Waals surface area (Å²) in [5, 5.41) is 14.3. The van der Waals surface area contributed by atoms with Crippen molar-refractivity contribution in [3.8, 4) is 10.4 Å². The number of benzene rings is 1. The fourth-order valence-corrected chi connectivity index (χ4v) is 5.61. The average Bonchev–Trinajstić information content (AvgIpc) is 3.51. The van der Waals surface area contributed by atoms with Crippen LogP contribution in [-0.2, 0) is 16.0 Å². The van der Waals surface area contributed by atoms with Crippen molar-refractivity contribution in [2.45, 2.75) is 71.9 Å². The number of likely N-dealkylation sites (tertiary alicyclic amines) is 1. The molecule has 4 rings (SSSR count). The fraction of sp³-hybridized carbons (Fsp3) is 0.481. The molecule has 1 N–H and O–H groups in total. The van der Waals surface area contributed by atoms with Crippen LogP contribution in [0.4, 0.5) is 0 Å². The van der Waals surface area contributed by atoms with Gasteiger partial charge in [-0.15, -0.1) is 11.3 Å². The van der Waals surface area contributed by atoms with Crippen molar-refractivity contribution in [1.82, 2.24) is 15.0 Å². The van der Waals surface area contributed by atoms with Gasteiger partial charge in [0.05, 0.1) is 33.9 Å². The van der Waals surface area contributed by atoms with E-state index in [1.807, 2.05) is 52.3 Å². The number of ketones is 1. The number of aliphatic hydroxyl groups is 1. The van der Waals surface area contributed by atoms with Crippen molar-refractivity contribution in [3.63, 3.8) is 0 Å². The van der Waals surface area contributed by atoms with E-state index in [2.05, 4.69) is 22.3 Å². The Labute approximate surface area is 210 Å². The molecule has 186 valence electrons. The highest BCUT2D eigenvalue weighted by atomic mass is 32.1. The average molecular weight is 496 g/mol. The maximum atomic E-state index is 13.7. The molecule has 0 bridgehead atoms. The van der Waals surface area contributed by atoms with Crippen molar-refractivity contribution in [2.75, 3.05) is 6.54 Å². The molecule has 3 atom stereocenters. The molecule has 8 heteroatoms. The van der Waals surface area contributed by atoms with Crippen LogP contribution in [0.25, 0.3) is 10.4 Å². The summed E-state index contributed by atoms with van der Waals surface area (Å²) in [6.07, 6.45) is 0.439. The maximum absolute atomic E-state index is 13.7. The summed E-state index contributed by atoms with van der Waals surface area (Å²) in [7, 11) is 0. The number of hydrogen-bond donors (Lipinski definition) is 1. The van der Waals surface area contributed by atoms with Crippen LogP contribution in [0.1, 0.15) is 62.2 Å². The standard InChI is InChI=1S/C27H33N3O4S/c1-16-12-23(34-29-16)24(27(3,4)5)26(33)30-14-20(31)13-21(30)22(32)11-8-18-6-9-19(10-7-18)25-17(2)28-15-35-25/h6-7,9-10,12,15,20-21,24,31H,8,11,13-14H2,1-5H3/t20-,21+,24-/m1/s1. The first-order valence-corrected chi connectivity index (χ1v) is 12.9. The Hall–Kier alpha value is -2.84. The summed E-state index contributed by atoms with van der Waals surface area (Å²) in [6.45, 7) is 9.86. The van der Waals surface area contributed by atoms with Crippen LogP contribution < -0.4 is 0 Å². The molecule has 1 aliphatic heterocycles. The van der Waals surface area contributed by atoms with Gasteiger partial charge in [-0.1, -0.05) is 50.2 Å². The van der Waals surface area contributed by atoms with Crippen molar-refractivity contribution in [3.05, 3.63) is 58.6 Å². The van der Waals surface area contributed by atoms with Gasteiger partial charge in [-0.2, -0.15) is 0 Å². The third-order valence-electron chi connectivity index (χ3n) is 6.60. The third kappa shape index (κ3) is 5.54. The van der Waals surface area contributed by atoms with E-state index in [9.17, 15) is 14.7 Å². The third-order valence-corrected chi connectivity index (χ3v) is 7.58. The molecule has 1 aromatic carbocycles. The molecule has 2 aromatic heterocycles. The van der Waals surface area contributed by atoms with E-state index in [0.29, 0.717) is 24.3 Å². The Morgan fingerprint density at radius 1 is 1.23 bits per heavy atom. The van der Waals surface area contributed by atoms with Gasteiger partial charge in [0.25, 0.3) is 0 Å². The number of carbonyl (C=O) groups excluding carboxylic acids is 2. The molecule has 0 spiro atoms. The molecule has 0 radical (unpaired) electrons. The number of Topliss-reactive ketones (excluding diaryl/α,β-unsaturated/α-hetero) is 1. The Bertz CT molecular complexity index is 1190. The minimum atomic E-state index is -0.716. The number of aryl methyl sites for hydroxylation is 3. The molecule has 35 heavy (non-hydrogen) atoms. The Kier molecular flexibility index (Phi) is 7.24. The smallest absolute Gasteiger partial charge is 0.234 e. The predicted molar refractivity (Wildman–Crippen MR) is 135 cm³/mol. The van der Waals surface area contributed by atoms with Crippen LogP contribution >= 0.6 is 11.3 Å². The highest BCUT2D eigenvalue weighted by Crippen LogP contribution is 2.39. The van der Waals surface area contributed by atoms with E-state index in [0.717, 1.165) is 21.7 Å². The van der Waals surface area contributed by atoms with Gasteiger partial charge in [-0.3, -0.25) is 9.59 Å². The number of thiazole rings is 1. The van der Waals surface area contributed by atoms with Gasteiger partial charge in [-0.05, 0) is 36.8 Å². The Morgan fingerprint density at radius 2 is 1.94 bits per heavy atom. The molecule has 1 aliphatic rings. The van der Waals surface area contributed by atoms with Gasteiger partial charge in [0.2, 0.25) is 5.91 Å². The van der Waals surface area contributed by atoms with Crippen LogP contribution in [0.15, 0.2) is 40.4 Å². The number of aliphatic hydroxyl groups excluding tert-OH is 1. The van der Waals surface area contributed by atoms with Gasteiger partial charge in [-0.25, -0.2) is 4.98 Å². The van der Waals surface area contributed by atoms with E-state index >= 15 is 0 Å². The van der Waals surface area contributed by atoms with Crippen molar-refractivity contribution < 1.29 is 19.2 Å². The number of nitrogens with zero attached hydrogens (tertiary/aromatic N) is 3. The van der Waals surface area contributed by atoms with E-state index in [1.54, 1.807) is 22.3 Å².